The molecule has 0 atom stereocenters. The van der Waals surface area contributed by atoms with E-state index in [4.69, 9.17) is 0 Å². The third kappa shape index (κ3) is 2.54. The number of halogens is 1. The lowest BCUT2D eigenvalue weighted by molar-refractivity contribution is -0.122. The minimum atomic E-state index is -0.429. The maximum absolute atomic E-state index is 12.6. The van der Waals surface area contributed by atoms with Crippen LogP contribution in [0.2, 0.25) is 0 Å². The zero-order valence-corrected chi connectivity index (χ0v) is 15.1. The lowest BCUT2D eigenvalue weighted by Gasteiger charge is -2.37. The van der Waals surface area contributed by atoms with Gasteiger partial charge in [-0.3, -0.25) is 14.7 Å². The van der Waals surface area contributed by atoms with Gasteiger partial charge in [0.15, 0.2) is 0 Å². The van der Waals surface area contributed by atoms with Crippen LogP contribution in [0, 0.1) is 6.92 Å². The summed E-state index contributed by atoms with van der Waals surface area (Å²) in [5.41, 5.74) is 2.95. The van der Waals surface area contributed by atoms with E-state index in [1.165, 1.54) is 5.56 Å². The van der Waals surface area contributed by atoms with Crippen LogP contribution in [-0.4, -0.2) is 33.9 Å². The van der Waals surface area contributed by atoms with Crippen molar-refractivity contribution in [3.05, 3.63) is 51.9 Å². The summed E-state index contributed by atoms with van der Waals surface area (Å²) in [6, 6.07) is 6.10. The Kier molecular flexibility index (Phi) is 3.89. The summed E-state index contributed by atoms with van der Waals surface area (Å²) in [6.07, 6.45) is 5.21. The van der Waals surface area contributed by atoms with Gasteiger partial charge in [0.25, 0.3) is 0 Å². The zero-order valence-electron chi connectivity index (χ0n) is 13.6. The maximum atomic E-state index is 12.6. The average molecular weight is 387 g/mol. The molecule has 1 amide bonds. The molecule has 0 bridgehead atoms. The molecule has 1 saturated heterocycles. The molecule has 4 heterocycles. The van der Waals surface area contributed by atoms with Gasteiger partial charge in [-0.05, 0) is 66.5 Å². The molecule has 2 aromatic heterocycles. The van der Waals surface area contributed by atoms with Crippen LogP contribution in [0.3, 0.4) is 0 Å². The van der Waals surface area contributed by atoms with Gasteiger partial charge in [-0.1, -0.05) is 6.07 Å². The Bertz CT molecular complexity index is 799. The van der Waals surface area contributed by atoms with E-state index in [9.17, 15) is 4.79 Å². The smallest absolute Gasteiger partial charge is 0.236 e. The Hall–Kier alpha value is -1.79. The van der Waals surface area contributed by atoms with Crippen LogP contribution in [-0.2, 0) is 16.8 Å². The van der Waals surface area contributed by atoms with Crippen molar-refractivity contribution in [2.75, 3.05) is 18.4 Å². The summed E-state index contributed by atoms with van der Waals surface area (Å²) in [7, 11) is 0. The number of aromatic nitrogens is 2. The van der Waals surface area contributed by atoms with Gasteiger partial charge in [0.1, 0.15) is 5.82 Å². The predicted molar refractivity (Wildman–Crippen MR) is 95.7 cm³/mol. The van der Waals surface area contributed by atoms with E-state index in [2.05, 4.69) is 49.1 Å². The highest BCUT2D eigenvalue weighted by atomic mass is 79.9. The van der Waals surface area contributed by atoms with Gasteiger partial charge in [-0.25, -0.2) is 4.98 Å². The molecule has 0 aromatic carbocycles. The van der Waals surface area contributed by atoms with Crippen LogP contribution >= 0.6 is 15.9 Å². The quantitative estimate of drug-likeness (QED) is 0.861. The summed E-state index contributed by atoms with van der Waals surface area (Å²) in [6.45, 7) is 4.70. The van der Waals surface area contributed by atoms with Gasteiger partial charge in [0.05, 0.1) is 11.1 Å². The molecule has 5 nitrogen and oxygen atoms in total. The number of amides is 1. The van der Waals surface area contributed by atoms with E-state index in [-0.39, 0.29) is 5.91 Å². The molecule has 0 aliphatic carbocycles. The van der Waals surface area contributed by atoms with Crippen molar-refractivity contribution in [3.63, 3.8) is 0 Å². The number of fused-ring (bicyclic) bond motifs is 2. The molecule has 1 N–H and O–H groups in total. The SMILES string of the molecule is Cc1cccnc1CN1CCC2(CC1)C(=O)Nc1ncc(Br)cc12. The molecule has 6 heteroatoms. The second-order valence-electron chi connectivity index (χ2n) is 6.63. The van der Waals surface area contributed by atoms with E-state index < -0.39 is 5.41 Å². The number of aryl methyl sites for hydroxylation is 1. The van der Waals surface area contributed by atoms with Crippen molar-refractivity contribution in [2.24, 2.45) is 0 Å². The predicted octanol–water partition coefficient (Wildman–Crippen LogP) is 3.03. The number of hydrogen-bond acceptors (Lipinski definition) is 4. The molecule has 0 saturated carbocycles. The molecule has 124 valence electrons. The van der Waals surface area contributed by atoms with Crippen LogP contribution in [0.1, 0.15) is 29.7 Å². The van der Waals surface area contributed by atoms with Gasteiger partial charge in [0, 0.05) is 29.0 Å². The molecule has 0 radical (unpaired) electrons. The molecule has 2 aliphatic rings. The molecule has 2 aliphatic heterocycles. The molecule has 1 fully saturated rings. The number of nitrogens with zero attached hydrogens (tertiary/aromatic N) is 3. The monoisotopic (exact) mass is 386 g/mol. The van der Waals surface area contributed by atoms with Crippen molar-refractivity contribution in [1.82, 2.24) is 14.9 Å². The van der Waals surface area contributed by atoms with Gasteiger partial charge >= 0.3 is 0 Å². The number of nitrogens with one attached hydrogen (secondary N) is 1. The van der Waals surface area contributed by atoms with Crippen LogP contribution in [0.15, 0.2) is 35.1 Å². The minimum absolute atomic E-state index is 0.0942. The fraction of sp³-hybridized carbons (Fsp3) is 0.389. The van der Waals surface area contributed by atoms with Gasteiger partial charge in [-0.15, -0.1) is 0 Å². The number of rotatable bonds is 2. The molecular formula is C18H19BrN4O. The summed E-state index contributed by atoms with van der Waals surface area (Å²) < 4.78 is 0.920. The minimum Gasteiger partial charge on any atom is -0.310 e. The highest BCUT2D eigenvalue weighted by Crippen LogP contribution is 2.44. The molecular weight excluding hydrogens is 368 g/mol. The van der Waals surface area contributed by atoms with Gasteiger partial charge in [0.2, 0.25) is 5.91 Å². The number of likely N-dealkylation sites (tertiary alicyclic amines) is 1. The molecule has 0 unspecified atom stereocenters. The summed E-state index contributed by atoms with van der Waals surface area (Å²) in [5, 5.41) is 2.96. The van der Waals surface area contributed by atoms with Crippen molar-refractivity contribution in [3.8, 4) is 0 Å². The average Bonchev–Trinajstić information content (AvgIpc) is 2.84. The van der Waals surface area contributed by atoms with Crippen molar-refractivity contribution in [2.45, 2.75) is 31.7 Å². The summed E-state index contributed by atoms with van der Waals surface area (Å²) in [5.74, 6) is 0.814. The third-order valence-electron chi connectivity index (χ3n) is 5.24. The molecule has 1 spiro atoms. The Morgan fingerprint density at radius 2 is 2.12 bits per heavy atom. The fourth-order valence-electron chi connectivity index (χ4n) is 3.74. The Balaban J connectivity index is 1.53. The zero-order chi connectivity index (χ0) is 16.7. The lowest BCUT2D eigenvalue weighted by Crippen LogP contribution is -2.46. The van der Waals surface area contributed by atoms with Crippen LogP contribution in [0.5, 0.6) is 0 Å². The largest absolute Gasteiger partial charge is 0.310 e. The van der Waals surface area contributed by atoms with Crippen molar-refractivity contribution in [1.29, 1.82) is 0 Å². The lowest BCUT2D eigenvalue weighted by atomic mass is 9.74. The normalized spacial score (nSPS) is 19.3. The van der Waals surface area contributed by atoms with Crippen molar-refractivity contribution >= 4 is 27.7 Å². The van der Waals surface area contributed by atoms with Crippen LogP contribution in [0.4, 0.5) is 5.82 Å². The number of carbonyl (C=O) groups is 1. The van der Waals surface area contributed by atoms with Crippen LogP contribution in [0.25, 0.3) is 0 Å². The van der Waals surface area contributed by atoms with Crippen molar-refractivity contribution < 1.29 is 4.79 Å². The number of anilines is 1. The number of hydrogen-bond donors (Lipinski definition) is 1. The van der Waals surface area contributed by atoms with E-state index in [1.54, 1.807) is 6.20 Å². The molecule has 2 aromatic rings. The highest BCUT2D eigenvalue weighted by Gasteiger charge is 2.49. The van der Waals surface area contributed by atoms with E-state index in [0.29, 0.717) is 0 Å². The third-order valence-corrected chi connectivity index (χ3v) is 5.67. The number of piperidine rings is 1. The first kappa shape index (κ1) is 15.7. The van der Waals surface area contributed by atoms with Crippen LogP contribution < -0.4 is 5.32 Å². The van der Waals surface area contributed by atoms with E-state index in [1.807, 2.05) is 18.3 Å². The first-order valence-corrected chi connectivity index (χ1v) is 8.98. The van der Waals surface area contributed by atoms with Gasteiger partial charge in [-0.2, -0.15) is 0 Å². The summed E-state index contributed by atoms with van der Waals surface area (Å²) in [4.78, 5) is 23.9. The Labute approximate surface area is 149 Å². The first-order valence-electron chi connectivity index (χ1n) is 8.19. The first-order chi connectivity index (χ1) is 11.6. The van der Waals surface area contributed by atoms with E-state index in [0.717, 1.165) is 54.0 Å². The van der Waals surface area contributed by atoms with E-state index >= 15 is 0 Å². The molecule has 24 heavy (non-hydrogen) atoms. The summed E-state index contributed by atoms with van der Waals surface area (Å²) >= 11 is 3.48. The second-order valence-corrected chi connectivity index (χ2v) is 7.54. The number of carbonyl (C=O) groups excluding carboxylic acids is 1. The second kappa shape index (κ2) is 5.93. The number of pyridine rings is 2. The maximum Gasteiger partial charge on any atom is 0.236 e. The molecule has 4 rings (SSSR count). The fourth-order valence-corrected chi connectivity index (χ4v) is 4.07. The Morgan fingerprint density at radius 3 is 2.88 bits per heavy atom. The topological polar surface area (TPSA) is 58.1 Å². The van der Waals surface area contributed by atoms with Gasteiger partial charge < -0.3 is 5.32 Å². The standard InChI is InChI=1S/C18H19BrN4O/c1-12-3-2-6-20-15(12)11-23-7-4-18(5-8-23)14-9-13(19)10-21-16(14)22-17(18)24/h2-3,6,9-10H,4-5,7-8,11H2,1H3,(H,21,22,24). The Morgan fingerprint density at radius 1 is 1.33 bits per heavy atom. The highest BCUT2D eigenvalue weighted by molar-refractivity contribution is 9.10.